The Bertz CT molecular complexity index is 285. The van der Waals surface area contributed by atoms with E-state index in [4.69, 9.17) is 22.4 Å². The molecule has 0 bridgehead atoms. The molecule has 1 unspecified atom stereocenters. The van der Waals surface area contributed by atoms with Gasteiger partial charge in [0, 0.05) is 6.42 Å². The van der Waals surface area contributed by atoms with E-state index in [9.17, 15) is 5.11 Å². The van der Waals surface area contributed by atoms with Crippen LogP contribution in [0, 0.1) is 12.3 Å². The second kappa shape index (κ2) is 4.20. The van der Waals surface area contributed by atoms with E-state index in [2.05, 4.69) is 5.92 Å². The van der Waals surface area contributed by atoms with Crippen LogP contribution >= 0.6 is 11.6 Å². The fourth-order valence-corrected chi connectivity index (χ4v) is 1.02. The van der Waals surface area contributed by atoms with Crippen LogP contribution in [0.3, 0.4) is 0 Å². The Labute approximate surface area is 76.1 Å². The van der Waals surface area contributed by atoms with Gasteiger partial charge in [-0.15, -0.1) is 12.3 Å². The van der Waals surface area contributed by atoms with Gasteiger partial charge >= 0.3 is 0 Å². The summed E-state index contributed by atoms with van der Waals surface area (Å²) in [6.45, 7) is 0. The van der Waals surface area contributed by atoms with Crippen molar-refractivity contribution in [3.05, 3.63) is 23.1 Å². The van der Waals surface area contributed by atoms with Crippen LogP contribution in [0.15, 0.2) is 16.5 Å². The van der Waals surface area contributed by atoms with Crippen molar-refractivity contribution in [2.24, 2.45) is 0 Å². The van der Waals surface area contributed by atoms with Gasteiger partial charge in [-0.3, -0.25) is 0 Å². The summed E-state index contributed by atoms with van der Waals surface area (Å²) in [7, 11) is 0. The van der Waals surface area contributed by atoms with Crippen LogP contribution in [-0.2, 0) is 0 Å². The van der Waals surface area contributed by atoms with Crippen LogP contribution in [0.4, 0.5) is 0 Å². The molecule has 0 saturated heterocycles. The highest BCUT2D eigenvalue weighted by Crippen LogP contribution is 2.22. The third-order valence-electron chi connectivity index (χ3n) is 1.48. The third-order valence-corrected chi connectivity index (χ3v) is 1.69. The maximum absolute atomic E-state index is 9.42. The SMILES string of the molecule is C#CCCC(O)c1ccc(Cl)o1. The molecule has 1 heterocycles. The molecule has 0 fully saturated rings. The molecule has 0 spiro atoms. The number of aliphatic hydroxyl groups is 1. The first-order valence-corrected chi connectivity index (χ1v) is 3.98. The highest BCUT2D eigenvalue weighted by molar-refractivity contribution is 6.28. The van der Waals surface area contributed by atoms with E-state index >= 15 is 0 Å². The Morgan fingerprint density at radius 1 is 1.67 bits per heavy atom. The van der Waals surface area contributed by atoms with Crippen molar-refractivity contribution in [3.8, 4) is 12.3 Å². The van der Waals surface area contributed by atoms with Crippen LogP contribution in [0.5, 0.6) is 0 Å². The fourth-order valence-electron chi connectivity index (χ4n) is 0.870. The minimum absolute atomic E-state index is 0.282. The minimum atomic E-state index is -0.645. The van der Waals surface area contributed by atoms with Crippen LogP contribution in [0.1, 0.15) is 24.7 Å². The molecule has 3 heteroatoms. The molecule has 0 radical (unpaired) electrons. The van der Waals surface area contributed by atoms with E-state index in [1.165, 1.54) is 0 Å². The lowest BCUT2D eigenvalue weighted by atomic mass is 10.1. The Balaban J connectivity index is 2.54. The molecule has 1 aromatic heterocycles. The van der Waals surface area contributed by atoms with Crippen molar-refractivity contribution >= 4 is 11.6 Å². The van der Waals surface area contributed by atoms with Gasteiger partial charge in [-0.25, -0.2) is 0 Å². The zero-order valence-electron chi connectivity index (χ0n) is 6.46. The first kappa shape index (κ1) is 9.18. The van der Waals surface area contributed by atoms with E-state index in [1.807, 2.05) is 0 Å². The fraction of sp³-hybridized carbons (Fsp3) is 0.333. The molecule has 0 aromatic carbocycles. The van der Waals surface area contributed by atoms with Gasteiger partial charge in [0.1, 0.15) is 11.9 Å². The molecule has 2 nitrogen and oxygen atoms in total. The summed E-state index contributed by atoms with van der Waals surface area (Å²) in [4.78, 5) is 0. The molecule has 1 rings (SSSR count). The quantitative estimate of drug-likeness (QED) is 0.732. The summed E-state index contributed by atoms with van der Waals surface area (Å²) in [5.41, 5.74) is 0. The van der Waals surface area contributed by atoms with Gasteiger partial charge in [0.05, 0.1) is 0 Å². The molecule has 0 saturated carbocycles. The van der Waals surface area contributed by atoms with Gasteiger partial charge < -0.3 is 9.52 Å². The van der Waals surface area contributed by atoms with Crippen LogP contribution in [-0.4, -0.2) is 5.11 Å². The first-order chi connectivity index (χ1) is 5.74. The topological polar surface area (TPSA) is 33.4 Å². The van der Waals surface area contributed by atoms with Crippen molar-refractivity contribution < 1.29 is 9.52 Å². The average Bonchev–Trinajstić information content (AvgIpc) is 2.47. The number of hydrogen-bond acceptors (Lipinski definition) is 2. The second-order valence-corrected chi connectivity index (χ2v) is 2.77. The Kier molecular flexibility index (Phi) is 3.21. The predicted molar refractivity (Wildman–Crippen MR) is 46.7 cm³/mol. The standard InChI is InChI=1S/C9H9ClO2/c1-2-3-4-7(11)8-5-6-9(10)12-8/h1,5-7,11H,3-4H2. The molecule has 1 atom stereocenters. The van der Waals surface area contributed by atoms with Crippen molar-refractivity contribution in [2.45, 2.75) is 18.9 Å². The summed E-state index contributed by atoms with van der Waals surface area (Å²) < 4.78 is 4.99. The normalized spacial score (nSPS) is 12.4. The van der Waals surface area contributed by atoms with Gasteiger partial charge in [0.2, 0.25) is 0 Å². The van der Waals surface area contributed by atoms with E-state index in [-0.39, 0.29) is 5.22 Å². The molecular formula is C9H9ClO2. The second-order valence-electron chi connectivity index (χ2n) is 2.40. The molecule has 64 valence electrons. The summed E-state index contributed by atoms with van der Waals surface area (Å²) >= 11 is 5.52. The van der Waals surface area contributed by atoms with Crippen molar-refractivity contribution in [2.75, 3.05) is 0 Å². The number of halogens is 1. The summed E-state index contributed by atoms with van der Waals surface area (Å²) in [5, 5.41) is 9.70. The zero-order valence-corrected chi connectivity index (χ0v) is 7.21. The molecule has 0 aliphatic carbocycles. The maximum Gasteiger partial charge on any atom is 0.193 e. The van der Waals surface area contributed by atoms with Crippen molar-refractivity contribution in [3.63, 3.8) is 0 Å². The largest absolute Gasteiger partial charge is 0.447 e. The predicted octanol–water partition coefficient (Wildman–Crippen LogP) is 2.38. The average molecular weight is 185 g/mol. The molecule has 12 heavy (non-hydrogen) atoms. The summed E-state index contributed by atoms with van der Waals surface area (Å²) in [5.74, 6) is 2.91. The Morgan fingerprint density at radius 2 is 2.42 bits per heavy atom. The molecule has 0 amide bonds. The van der Waals surface area contributed by atoms with Gasteiger partial charge in [-0.1, -0.05) is 0 Å². The van der Waals surface area contributed by atoms with Gasteiger partial charge in [-0.05, 0) is 30.2 Å². The van der Waals surface area contributed by atoms with Gasteiger partial charge in [0.15, 0.2) is 5.22 Å². The lowest BCUT2D eigenvalue weighted by Crippen LogP contribution is -1.93. The van der Waals surface area contributed by atoms with E-state index < -0.39 is 6.10 Å². The molecule has 0 aliphatic heterocycles. The summed E-state index contributed by atoms with van der Waals surface area (Å²) in [6, 6.07) is 3.24. The van der Waals surface area contributed by atoms with Crippen LogP contribution < -0.4 is 0 Å². The first-order valence-electron chi connectivity index (χ1n) is 3.61. The van der Waals surface area contributed by atoms with E-state index in [0.717, 1.165) is 0 Å². The lowest BCUT2D eigenvalue weighted by Gasteiger charge is -2.03. The highest BCUT2D eigenvalue weighted by atomic mass is 35.5. The number of terminal acetylenes is 1. The number of rotatable bonds is 3. The van der Waals surface area contributed by atoms with Gasteiger partial charge in [-0.2, -0.15) is 0 Å². The maximum atomic E-state index is 9.42. The van der Waals surface area contributed by atoms with Crippen molar-refractivity contribution in [1.82, 2.24) is 0 Å². The molecule has 1 aromatic rings. The lowest BCUT2D eigenvalue weighted by molar-refractivity contribution is 0.142. The van der Waals surface area contributed by atoms with Gasteiger partial charge in [0.25, 0.3) is 0 Å². The number of hydrogen-bond donors (Lipinski definition) is 1. The summed E-state index contributed by atoms with van der Waals surface area (Å²) in [6.07, 6.45) is 5.43. The Hall–Kier alpha value is -0.910. The molecule has 0 aliphatic rings. The highest BCUT2D eigenvalue weighted by Gasteiger charge is 2.10. The molecular weight excluding hydrogens is 176 g/mol. The smallest absolute Gasteiger partial charge is 0.193 e. The zero-order chi connectivity index (χ0) is 8.97. The van der Waals surface area contributed by atoms with Crippen LogP contribution in [0.25, 0.3) is 0 Å². The van der Waals surface area contributed by atoms with Crippen molar-refractivity contribution in [1.29, 1.82) is 0 Å². The Morgan fingerprint density at radius 3 is 2.92 bits per heavy atom. The minimum Gasteiger partial charge on any atom is -0.447 e. The third kappa shape index (κ3) is 2.30. The van der Waals surface area contributed by atoms with Crippen LogP contribution in [0.2, 0.25) is 5.22 Å². The van der Waals surface area contributed by atoms with E-state index in [0.29, 0.717) is 18.6 Å². The van der Waals surface area contributed by atoms with E-state index in [1.54, 1.807) is 12.1 Å². The number of furan rings is 1. The monoisotopic (exact) mass is 184 g/mol. The number of aliphatic hydroxyl groups excluding tert-OH is 1. The molecule has 1 N–H and O–H groups in total.